The zero-order valence-electron chi connectivity index (χ0n) is 8.54. The second-order valence-electron chi connectivity index (χ2n) is 3.66. The monoisotopic (exact) mass is 154 g/mol. The molecule has 0 aliphatic carbocycles. The van der Waals surface area contributed by atoms with Gasteiger partial charge in [-0.25, -0.2) is 0 Å². The van der Waals surface area contributed by atoms with E-state index in [0.29, 0.717) is 5.41 Å². The molecule has 0 bridgehead atoms. The molecule has 0 saturated carbocycles. The van der Waals surface area contributed by atoms with E-state index in [0.717, 1.165) is 0 Å². The molecule has 0 spiro atoms. The van der Waals surface area contributed by atoms with Crippen LogP contribution in [-0.2, 0) is 0 Å². The zero-order chi connectivity index (χ0) is 8.74. The van der Waals surface area contributed by atoms with Crippen molar-refractivity contribution < 1.29 is 0 Å². The molecule has 0 aliphatic heterocycles. The van der Waals surface area contributed by atoms with E-state index in [-0.39, 0.29) is 0 Å². The van der Waals surface area contributed by atoms with Gasteiger partial charge < -0.3 is 0 Å². The van der Waals surface area contributed by atoms with Crippen LogP contribution >= 0.6 is 0 Å². The molecular weight excluding hydrogens is 132 g/mol. The van der Waals surface area contributed by atoms with E-state index in [1.165, 1.54) is 32.1 Å². The van der Waals surface area contributed by atoms with Crippen molar-refractivity contribution in [2.75, 3.05) is 0 Å². The molecule has 0 fully saturated rings. The Morgan fingerprint density at radius 1 is 1.09 bits per heavy atom. The fourth-order valence-corrected chi connectivity index (χ4v) is 1.49. The molecule has 0 nitrogen and oxygen atoms in total. The summed E-state index contributed by atoms with van der Waals surface area (Å²) in [5, 5.41) is 0. The average molecular weight is 154 g/mol. The SMILES string of the molecule is C[C]C(C)(CCC)CCCC. The maximum Gasteiger partial charge on any atom is -0.0143 e. The van der Waals surface area contributed by atoms with Gasteiger partial charge in [0.15, 0.2) is 0 Å². The number of rotatable bonds is 6. The molecule has 0 amide bonds. The van der Waals surface area contributed by atoms with Gasteiger partial charge in [0.05, 0.1) is 0 Å². The topological polar surface area (TPSA) is 0 Å². The van der Waals surface area contributed by atoms with Gasteiger partial charge in [0.25, 0.3) is 0 Å². The molecule has 66 valence electrons. The molecule has 0 aromatic carbocycles. The summed E-state index contributed by atoms with van der Waals surface area (Å²) in [4.78, 5) is 0. The molecule has 0 aromatic heterocycles. The third-order valence-corrected chi connectivity index (χ3v) is 2.49. The fourth-order valence-electron chi connectivity index (χ4n) is 1.49. The molecule has 2 radical (unpaired) electrons. The van der Waals surface area contributed by atoms with Crippen molar-refractivity contribution in [3.05, 3.63) is 6.42 Å². The van der Waals surface area contributed by atoms with Crippen LogP contribution in [0.3, 0.4) is 0 Å². The van der Waals surface area contributed by atoms with Gasteiger partial charge in [-0.1, -0.05) is 47.0 Å². The zero-order valence-corrected chi connectivity index (χ0v) is 8.54. The van der Waals surface area contributed by atoms with Gasteiger partial charge in [-0.3, -0.25) is 0 Å². The third-order valence-electron chi connectivity index (χ3n) is 2.49. The summed E-state index contributed by atoms with van der Waals surface area (Å²) in [5.41, 5.74) is 0.394. The fraction of sp³-hybridized carbons (Fsp3) is 0.909. The highest BCUT2D eigenvalue weighted by Crippen LogP contribution is 2.32. The van der Waals surface area contributed by atoms with Crippen LogP contribution in [-0.4, -0.2) is 0 Å². The lowest BCUT2D eigenvalue weighted by atomic mass is 9.79. The molecule has 0 rings (SSSR count). The van der Waals surface area contributed by atoms with E-state index in [2.05, 4.69) is 34.1 Å². The Morgan fingerprint density at radius 2 is 1.73 bits per heavy atom. The smallest absolute Gasteiger partial charge is 0.0143 e. The Kier molecular flexibility index (Phi) is 5.62. The lowest BCUT2D eigenvalue weighted by Crippen LogP contribution is -2.15. The van der Waals surface area contributed by atoms with Crippen LogP contribution in [0.4, 0.5) is 0 Å². The van der Waals surface area contributed by atoms with Crippen LogP contribution in [0, 0.1) is 11.8 Å². The predicted octanol–water partition coefficient (Wildman–Crippen LogP) is 4.08. The molecule has 0 heteroatoms. The summed E-state index contributed by atoms with van der Waals surface area (Å²) in [6.45, 7) is 8.90. The molecule has 1 atom stereocenters. The second kappa shape index (κ2) is 5.62. The van der Waals surface area contributed by atoms with E-state index in [4.69, 9.17) is 0 Å². The van der Waals surface area contributed by atoms with Crippen molar-refractivity contribution in [2.24, 2.45) is 5.41 Å². The summed E-state index contributed by atoms with van der Waals surface area (Å²) in [6, 6.07) is 0. The molecular formula is C11H22. The Balaban J connectivity index is 3.68. The van der Waals surface area contributed by atoms with Crippen LogP contribution in [0.2, 0.25) is 0 Å². The standard InChI is InChI=1S/C11H22/c1-5-8-10-11(4,7-3)9-6-2/h5-6,8-10H2,1-4H3. The van der Waals surface area contributed by atoms with Crippen LogP contribution in [0.25, 0.3) is 0 Å². The molecule has 0 aromatic rings. The van der Waals surface area contributed by atoms with Crippen molar-refractivity contribution in [3.8, 4) is 0 Å². The van der Waals surface area contributed by atoms with E-state index in [1.54, 1.807) is 0 Å². The van der Waals surface area contributed by atoms with E-state index >= 15 is 0 Å². The molecule has 0 heterocycles. The van der Waals surface area contributed by atoms with Gasteiger partial charge in [0, 0.05) is 0 Å². The Hall–Kier alpha value is 0. The third kappa shape index (κ3) is 4.44. The predicted molar refractivity (Wildman–Crippen MR) is 51.5 cm³/mol. The summed E-state index contributed by atoms with van der Waals surface area (Å²) >= 11 is 0. The van der Waals surface area contributed by atoms with E-state index < -0.39 is 0 Å². The molecule has 0 saturated heterocycles. The highest BCUT2D eigenvalue weighted by atomic mass is 14.2. The van der Waals surface area contributed by atoms with Gasteiger partial charge in [-0.2, -0.15) is 0 Å². The van der Waals surface area contributed by atoms with Crippen LogP contribution in [0.5, 0.6) is 0 Å². The largest absolute Gasteiger partial charge is 0.0654 e. The highest BCUT2D eigenvalue weighted by molar-refractivity contribution is 4.84. The maximum atomic E-state index is 3.41. The second-order valence-corrected chi connectivity index (χ2v) is 3.66. The maximum absolute atomic E-state index is 3.41. The van der Waals surface area contributed by atoms with Crippen LogP contribution < -0.4 is 0 Å². The number of unbranched alkanes of at least 4 members (excludes halogenated alkanes) is 1. The van der Waals surface area contributed by atoms with Gasteiger partial charge >= 0.3 is 0 Å². The number of hydrogen-bond acceptors (Lipinski definition) is 0. The van der Waals surface area contributed by atoms with Crippen molar-refractivity contribution in [1.82, 2.24) is 0 Å². The quantitative estimate of drug-likeness (QED) is 0.540. The van der Waals surface area contributed by atoms with E-state index in [1.807, 2.05) is 0 Å². The molecule has 11 heavy (non-hydrogen) atoms. The lowest BCUT2D eigenvalue weighted by Gasteiger charge is -2.26. The van der Waals surface area contributed by atoms with E-state index in [9.17, 15) is 0 Å². The first-order chi connectivity index (χ1) is 5.18. The van der Waals surface area contributed by atoms with Crippen molar-refractivity contribution in [3.63, 3.8) is 0 Å². The summed E-state index contributed by atoms with van der Waals surface area (Å²) < 4.78 is 0. The van der Waals surface area contributed by atoms with Crippen LogP contribution in [0.15, 0.2) is 0 Å². The first-order valence-electron chi connectivity index (χ1n) is 4.87. The minimum Gasteiger partial charge on any atom is -0.0654 e. The average Bonchev–Trinajstić information content (AvgIpc) is 2.02. The molecule has 0 N–H and O–H groups in total. The van der Waals surface area contributed by atoms with Crippen molar-refractivity contribution in [1.29, 1.82) is 0 Å². The van der Waals surface area contributed by atoms with Crippen molar-refractivity contribution >= 4 is 0 Å². The lowest BCUT2D eigenvalue weighted by molar-refractivity contribution is 0.315. The molecule has 0 aliphatic rings. The van der Waals surface area contributed by atoms with Crippen LogP contribution in [0.1, 0.15) is 59.8 Å². The van der Waals surface area contributed by atoms with Gasteiger partial charge in [0.2, 0.25) is 0 Å². The minimum atomic E-state index is 0.394. The van der Waals surface area contributed by atoms with Gasteiger partial charge in [-0.15, -0.1) is 0 Å². The Labute approximate surface area is 72.4 Å². The highest BCUT2D eigenvalue weighted by Gasteiger charge is 2.19. The summed E-state index contributed by atoms with van der Waals surface area (Å²) in [5.74, 6) is 0. The summed E-state index contributed by atoms with van der Waals surface area (Å²) in [7, 11) is 0. The summed E-state index contributed by atoms with van der Waals surface area (Å²) in [6.07, 6.45) is 9.95. The normalized spacial score (nSPS) is 16.4. The Morgan fingerprint density at radius 3 is 2.09 bits per heavy atom. The first-order valence-corrected chi connectivity index (χ1v) is 4.87. The molecule has 1 unspecified atom stereocenters. The Bertz CT molecular complexity index is 86.0. The first kappa shape index (κ1) is 11.0. The van der Waals surface area contributed by atoms with Gasteiger partial charge in [-0.05, 0) is 24.7 Å². The minimum absolute atomic E-state index is 0.394. The number of hydrogen-bond donors (Lipinski definition) is 0. The van der Waals surface area contributed by atoms with Crippen molar-refractivity contribution in [2.45, 2.75) is 59.8 Å². The van der Waals surface area contributed by atoms with Gasteiger partial charge in [0.1, 0.15) is 0 Å².